The van der Waals surface area contributed by atoms with E-state index in [-0.39, 0.29) is 0 Å². The highest BCUT2D eigenvalue weighted by Crippen LogP contribution is 2.51. The number of nitrogens with zero attached hydrogens (tertiary/aromatic N) is 2. The lowest BCUT2D eigenvalue weighted by Crippen LogP contribution is -2.24. The van der Waals surface area contributed by atoms with Crippen molar-refractivity contribution in [2.24, 2.45) is 0 Å². The number of allylic oxidation sites excluding steroid dienone is 7. The first-order valence-corrected chi connectivity index (χ1v) is 24.0. The molecule has 0 aromatic heterocycles. The number of hydrogen-bond donors (Lipinski definition) is 0. The van der Waals surface area contributed by atoms with Gasteiger partial charge in [-0.2, -0.15) is 0 Å². The number of anilines is 4. The minimum atomic E-state index is 1.01. The van der Waals surface area contributed by atoms with Gasteiger partial charge in [-0.1, -0.05) is 164 Å². The van der Waals surface area contributed by atoms with Crippen molar-refractivity contribution in [3.05, 3.63) is 240 Å². The summed E-state index contributed by atoms with van der Waals surface area (Å²) in [6.07, 6.45) is 18.2. The summed E-state index contributed by atoms with van der Waals surface area (Å²) >= 11 is 0. The Kier molecular flexibility index (Phi) is 9.44. The number of benzene rings is 9. The minimum absolute atomic E-state index is 1.01. The Labute approximate surface area is 387 Å². The third kappa shape index (κ3) is 6.38. The van der Waals surface area contributed by atoms with Gasteiger partial charge < -0.3 is 9.80 Å². The van der Waals surface area contributed by atoms with Crippen LogP contribution in [0.25, 0.3) is 65.7 Å². The summed E-state index contributed by atoms with van der Waals surface area (Å²) in [5.41, 5.74) is 21.1. The van der Waals surface area contributed by atoms with Crippen molar-refractivity contribution in [1.82, 2.24) is 0 Å². The van der Waals surface area contributed by atoms with Crippen LogP contribution in [0.3, 0.4) is 0 Å². The minimum Gasteiger partial charge on any atom is -0.314 e. The van der Waals surface area contributed by atoms with E-state index in [0.29, 0.717) is 0 Å². The standard InChI is InChI=1S/C64H50N2/c1-3-17-43(18-4-1)51-39-40-54(53-26-12-11-25-52(51)53)64-56-38-36-49(65-59-27-13-7-19-44(59)31-32-45-20-8-14-28-60(45)65)41-57(56)63(48-23-5-2-6-24-48)55-37-35-50(42-58(55)64)66-61-29-15-9-21-46(61)33-34-47-22-10-16-30-62(47)66/h1-9,11-14,16-21,23-28,30,35-42H,10,15,22,29,31-34H2. The van der Waals surface area contributed by atoms with Gasteiger partial charge in [0.25, 0.3) is 0 Å². The van der Waals surface area contributed by atoms with E-state index in [1.807, 2.05) is 0 Å². The Morgan fingerprint density at radius 2 is 0.909 bits per heavy atom. The summed E-state index contributed by atoms with van der Waals surface area (Å²) in [7, 11) is 0. The van der Waals surface area contributed by atoms with Crippen molar-refractivity contribution >= 4 is 55.1 Å². The average Bonchev–Trinajstić information content (AvgIpc) is 3.66. The molecule has 316 valence electrons. The fourth-order valence-corrected chi connectivity index (χ4v) is 11.7. The number of rotatable bonds is 5. The SMILES string of the molecule is C1=CC2=C(CC1)CCC1=C(CCC=C1)N2c1ccc2c(-c3ccccc3)c3cc(N4c5ccccc5CCc5ccccc54)ccc3c(-c3ccc(-c4ccccc4)c4ccccc34)c2c1. The molecule has 0 atom stereocenters. The van der Waals surface area contributed by atoms with E-state index in [9.17, 15) is 0 Å². The Bertz CT molecular complexity index is 3480. The van der Waals surface area contributed by atoms with Crippen LogP contribution in [0.1, 0.15) is 49.7 Å². The van der Waals surface area contributed by atoms with Crippen molar-refractivity contribution < 1.29 is 0 Å². The van der Waals surface area contributed by atoms with E-state index in [1.165, 1.54) is 117 Å². The van der Waals surface area contributed by atoms with Gasteiger partial charge in [0.2, 0.25) is 0 Å². The van der Waals surface area contributed by atoms with Gasteiger partial charge in [0.15, 0.2) is 0 Å². The molecule has 0 bridgehead atoms. The first kappa shape index (κ1) is 38.8. The van der Waals surface area contributed by atoms with Crippen LogP contribution in [0.5, 0.6) is 0 Å². The molecule has 0 N–H and O–H groups in total. The van der Waals surface area contributed by atoms with Crippen molar-refractivity contribution in [2.45, 2.75) is 51.4 Å². The highest BCUT2D eigenvalue weighted by molar-refractivity contribution is 6.25. The summed E-state index contributed by atoms with van der Waals surface area (Å²) in [5.74, 6) is 0. The van der Waals surface area contributed by atoms with Crippen LogP contribution in [0.15, 0.2) is 229 Å². The second kappa shape index (κ2) is 16.1. The molecule has 2 aliphatic heterocycles. The topological polar surface area (TPSA) is 6.48 Å². The lowest BCUT2D eigenvalue weighted by molar-refractivity contribution is 0.831. The fourth-order valence-electron chi connectivity index (χ4n) is 11.7. The number of para-hydroxylation sites is 2. The molecule has 0 unspecified atom stereocenters. The van der Waals surface area contributed by atoms with Gasteiger partial charge in [-0.15, -0.1) is 0 Å². The Balaban J connectivity index is 1.15. The van der Waals surface area contributed by atoms with Crippen molar-refractivity contribution in [1.29, 1.82) is 0 Å². The lowest BCUT2D eigenvalue weighted by Gasteiger charge is -2.33. The summed E-state index contributed by atoms with van der Waals surface area (Å²) in [6.45, 7) is 0. The lowest BCUT2D eigenvalue weighted by atomic mass is 9.83. The largest absolute Gasteiger partial charge is 0.314 e. The summed E-state index contributed by atoms with van der Waals surface area (Å²) in [6, 6.07) is 68.6. The Morgan fingerprint density at radius 1 is 0.348 bits per heavy atom. The third-order valence-electron chi connectivity index (χ3n) is 14.8. The number of hydrogen-bond acceptors (Lipinski definition) is 2. The van der Waals surface area contributed by atoms with Gasteiger partial charge in [-0.3, -0.25) is 0 Å². The fraction of sp³-hybridized carbons (Fsp3) is 0.125. The molecule has 0 fully saturated rings. The van der Waals surface area contributed by atoms with E-state index < -0.39 is 0 Å². The van der Waals surface area contributed by atoms with Crippen LogP contribution in [-0.4, -0.2) is 0 Å². The molecule has 0 saturated heterocycles. The van der Waals surface area contributed by atoms with Gasteiger partial charge in [0, 0.05) is 34.1 Å². The molecule has 0 spiro atoms. The summed E-state index contributed by atoms with van der Waals surface area (Å²) < 4.78 is 0. The van der Waals surface area contributed by atoms with E-state index in [4.69, 9.17) is 0 Å². The predicted octanol–water partition coefficient (Wildman–Crippen LogP) is 17.5. The number of fused-ring (bicyclic) bond motifs is 5. The second-order valence-corrected chi connectivity index (χ2v) is 18.4. The van der Waals surface area contributed by atoms with Crippen molar-refractivity contribution in [3.63, 3.8) is 0 Å². The number of aryl methyl sites for hydroxylation is 2. The first-order valence-electron chi connectivity index (χ1n) is 24.0. The van der Waals surface area contributed by atoms with Gasteiger partial charge in [0.05, 0.1) is 0 Å². The Morgan fingerprint density at radius 3 is 1.64 bits per heavy atom. The third-order valence-corrected chi connectivity index (χ3v) is 14.8. The van der Waals surface area contributed by atoms with Crippen LogP contribution in [0.4, 0.5) is 22.7 Å². The predicted molar refractivity (Wildman–Crippen MR) is 280 cm³/mol. The molecule has 2 aliphatic carbocycles. The highest BCUT2D eigenvalue weighted by atomic mass is 15.2. The van der Waals surface area contributed by atoms with Gasteiger partial charge in [-0.25, -0.2) is 0 Å². The summed E-state index contributed by atoms with van der Waals surface area (Å²) in [5, 5.41) is 7.56. The van der Waals surface area contributed by atoms with Crippen LogP contribution in [0, 0.1) is 0 Å². The van der Waals surface area contributed by atoms with Crippen LogP contribution < -0.4 is 9.80 Å². The molecule has 66 heavy (non-hydrogen) atoms. The molecule has 2 heterocycles. The van der Waals surface area contributed by atoms with Crippen molar-refractivity contribution in [2.75, 3.05) is 9.80 Å². The highest BCUT2D eigenvalue weighted by Gasteiger charge is 2.29. The van der Waals surface area contributed by atoms with E-state index in [1.54, 1.807) is 5.57 Å². The molecule has 4 aliphatic rings. The van der Waals surface area contributed by atoms with Gasteiger partial charge in [0.1, 0.15) is 0 Å². The monoisotopic (exact) mass is 846 g/mol. The molecule has 2 nitrogen and oxygen atoms in total. The van der Waals surface area contributed by atoms with Gasteiger partial charge >= 0.3 is 0 Å². The second-order valence-electron chi connectivity index (χ2n) is 18.4. The van der Waals surface area contributed by atoms with E-state index >= 15 is 0 Å². The Hall–Kier alpha value is -7.68. The van der Waals surface area contributed by atoms with E-state index in [0.717, 1.165) is 51.4 Å². The normalized spacial score (nSPS) is 15.7. The molecule has 0 saturated carbocycles. The molecule has 0 radical (unpaired) electrons. The van der Waals surface area contributed by atoms with Crippen LogP contribution >= 0.6 is 0 Å². The average molecular weight is 847 g/mol. The van der Waals surface area contributed by atoms with Crippen molar-refractivity contribution in [3.8, 4) is 33.4 Å². The molecule has 13 rings (SSSR count). The van der Waals surface area contributed by atoms with Crippen LogP contribution in [-0.2, 0) is 12.8 Å². The molecule has 2 heteroatoms. The molecule has 9 aromatic carbocycles. The zero-order chi connectivity index (χ0) is 43.6. The molecular formula is C64H50N2. The van der Waals surface area contributed by atoms with Gasteiger partial charge in [-0.05, 0) is 182 Å². The maximum absolute atomic E-state index is 2.65. The van der Waals surface area contributed by atoms with E-state index in [2.05, 4.69) is 216 Å². The molecular weight excluding hydrogens is 797 g/mol. The zero-order valence-corrected chi connectivity index (χ0v) is 37.2. The first-order chi connectivity index (χ1) is 32.8. The zero-order valence-electron chi connectivity index (χ0n) is 37.2. The van der Waals surface area contributed by atoms with Crippen LogP contribution in [0.2, 0.25) is 0 Å². The maximum atomic E-state index is 2.65. The smallest absolute Gasteiger partial charge is 0.0493 e. The molecule has 9 aromatic rings. The summed E-state index contributed by atoms with van der Waals surface area (Å²) in [4.78, 5) is 5.18. The quantitative estimate of drug-likeness (QED) is 0.159. The maximum Gasteiger partial charge on any atom is 0.0493 e. The molecule has 0 amide bonds.